The van der Waals surface area contributed by atoms with Gasteiger partial charge >= 0.3 is 71.6 Å². The average Bonchev–Trinajstić information content (AvgIpc) is 1.72. The third kappa shape index (κ3) is 39.7. The molecule has 0 saturated carbocycles. The Morgan fingerprint density at radius 3 is 0.655 bits per heavy atom. The number of benzene rings is 1. The minimum Gasteiger partial charge on any atom is -0.481 e. The van der Waals surface area contributed by atoms with E-state index in [9.17, 15) is 57.5 Å². The molecule has 5 rings (SSSR count). The Kier molecular flexibility index (Phi) is 51.5. The Balaban J connectivity index is -0.000000387. The zero-order valence-corrected chi connectivity index (χ0v) is 76.0. The Bertz CT molecular complexity index is 2770. The number of aliphatic carboxylic acids is 2. The number of esters is 10. The average molecular weight is 1620 g/mol. The van der Waals surface area contributed by atoms with Crippen LogP contribution in [0, 0.1) is 65.0 Å². The maximum atomic E-state index is 11.6. The number of carboxylic acid groups (broad SMARTS) is 2. The Morgan fingerprint density at radius 1 is 0.327 bits per heavy atom. The van der Waals surface area contributed by atoms with Crippen molar-refractivity contribution >= 4 is 71.6 Å². The molecule has 1 aromatic carbocycles. The summed E-state index contributed by atoms with van der Waals surface area (Å²) in [5.74, 6) is -4.17. The van der Waals surface area contributed by atoms with Crippen molar-refractivity contribution in [1.29, 1.82) is 0 Å². The lowest BCUT2D eigenvalue weighted by atomic mass is 9.71. The molecule has 4 fully saturated rings. The quantitative estimate of drug-likeness (QED) is 0.0656. The van der Waals surface area contributed by atoms with Crippen molar-refractivity contribution in [2.75, 3.05) is 110 Å². The van der Waals surface area contributed by atoms with Crippen LogP contribution in [0.5, 0.6) is 0 Å². The van der Waals surface area contributed by atoms with Gasteiger partial charge in [-0.1, -0.05) is 92.6 Å². The highest BCUT2D eigenvalue weighted by Crippen LogP contribution is 2.44. The summed E-state index contributed by atoms with van der Waals surface area (Å²) in [4.78, 5) is 134. The maximum Gasteiger partial charge on any atom is 0.313 e. The molecule has 0 amide bonds. The maximum absolute atomic E-state index is 11.6. The first-order valence-electron chi connectivity index (χ1n) is 38.3. The molecule has 0 aliphatic carbocycles. The predicted molar refractivity (Wildman–Crippen MR) is 428 cm³/mol. The van der Waals surface area contributed by atoms with E-state index in [1.165, 1.54) is 76.0 Å². The molecule has 4 aliphatic heterocycles. The molecular formula is C85H150O28. The molecule has 4 saturated heterocycles. The third-order valence-corrected chi connectivity index (χ3v) is 21.1. The number of ether oxygens (including phenoxy) is 14. The molecule has 7 atom stereocenters. The lowest BCUT2D eigenvalue weighted by Gasteiger charge is -2.40. The van der Waals surface area contributed by atoms with E-state index in [1.807, 2.05) is 96.9 Å². The van der Waals surface area contributed by atoms with Crippen LogP contribution < -0.4 is 0 Å². The first-order valence-corrected chi connectivity index (χ1v) is 38.3. The number of hydrogen-bond acceptors (Lipinski definition) is 26. The Morgan fingerprint density at radius 2 is 0.522 bits per heavy atom. The second kappa shape index (κ2) is 50.9. The van der Waals surface area contributed by atoms with E-state index in [0.717, 1.165) is 25.7 Å². The molecule has 2 N–H and O–H groups in total. The van der Waals surface area contributed by atoms with Gasteiger partial charge < -0.3 is 76.5 Å². The number of hydrogen-bond donors (Lipinski definition) is 2. The summed E-state index contributed by atoms with van der Waals surface area (Å²) < 4.78 is 67.8. The minimum absolute atomic E-state index is 0.134. The summed E-state index contributed by atoms with van der Waals surface area (Å²) in [6, 6.07) is 10.7. The highest BCUT2D eigenvalue weighted by atomic mass is 16.8. The van der Waals surface area contributed by atoms with Gasteiger partial charge in [-0.2, -0.15) is 0 Å². The van der Waals surface area contributed by atoms with Crippen molar-refractivity contribution in [2.45, 2.75) is 263 Å². The van der Waals surface area contributed by atoms with E-state index in [-0.39, 0.29) is 127 Å². The van der Waals surface area contributed by atoms with Gasteiger partial charge in [0.2, 0.25) is 6.29 Å². The zero-order valence-electron chi connectivity index (χ0n) is 76.0. The number of epoxide rings is 1. The number of methoxy groups -OCH3 is 9. The molecule has 28 heteroatoms. The standard InChI is InChI=1S/3C11H18O5.C11H16.C8H14O3.3C7H14O2.2C6H12O2/c3*1-10(8(12)14-3)5-11(2,7-16-6-10)9(13)15-4;1-4-11(2,3)10-8-6-5-7-9-10;1-4-8(2,3)7(9)11-6-5-10-6;3*1-5-7(2,3)6(8)9-4;2*1-4-6(2,3)5(7)8/h3*5-7H2,1-4H3;5-9H,4H2,1-3H3;6H,4-5H2,1-3H3;3*5H2,1-4H3;2*4H2,1-3H3,(H,7,8). The summed E-state index contributed by atoms with van der Waals surface area (Å²) in [5, 5.41) is 16.9. The van der Waals surface area contributed by atoms with Gasteiger partial charge in [0.05, 0.1) is 169 Å². The van der Waals surface area contributed by atoms with Gasteiger partial charge in [0.15, 0.2) is 0 Å². The van der Waals surface area contributed by atoms with Crippen molar-refractivity contribution < 1.29 is 134 Å². The van der Waals surface area contributed by atoms with Gasteiger partial charge in [-0.3, -0.25) is 57.5 Å². The molecule has 658 valence electrons. The van der Waals surface area contributed by atoms with Crippen LogP contribution in [0.2, 0.25) is 0 Å². The van der Waals surface area contributed by atoms with E-state index < -0.39 is 55.3 Å². The molecule has 0 aromatic heterocycles. The van der Waals surface area contributed by atoms with E-state index in [2.05, 4.69) is 65.3 Å². The predicted octanol–water partition coefficient (Wildman–Crippen LogP) is 14.8. The molecule has 4 aliphatic rings. The lowest BCUT2D eigenvalue weighted by Crippen LogP contribution is -2.49. The first-order chi connectivity index (χ1) is 51.5. The molecule has 113 heavy (non-hydrogen) atoms. The normalized spacial score (nSPS) is 22.2. The summed E-state index contributed by atoms with van der Waals surface area (Å²) in [7, 11) is 12.2. The van der Waals surface area contributed by atoms with Crippen LogP contribution in [0.4, 0.5) is 0 Å². The Hall–Kier alpha value is -7.30. The molecule has 0 bridgehead atoms. The van der Waals surface area contributed by atoms with Crippen LogP contribution in [0.15, 0.2) is 30.3 Å². The first kappa shape index (κ1) is 114. The van der Waals surface area contributed by atoms with Crippen molar-refractivity contribution in [2.24, 2.45) is 65.0 Å². The van der Waals surface area contributed by atoms with E-state index >= 15 is 0 Å². The number of carboxylic acids is 2. The topological polar surface area (TPSA) is 378 Å². The number of rotatable bonds is 21. The minimum atomic E-state index is -0.782. The van der Waals surface area contributed by atoms with E-state index in [1.54, 1.807) is 69.2 Å². The van der Waals surface area contributed by atoms with Crippen LogP contribution >= 0.6 is 0 Å². The van der Waals surface area contributed by atoms with Crippen molar-refractivity contribution in [1.82, 2.24) is 0 Å². The highest BCUT2D eigenvalue weighted by molar-refractivity contribution is 5.83. The van der Waals surface area contributed by atoms with Crippen LogP contribution in [-0.4, -0.2) is 198 Å². The monoisotopic (exact) mass is 1620 g/mol. The van der Waals surface area contributed by atoms with Crippen LogP contribution in [0.1, 0.15) is 257 Å². The SMILES string of the molecule is CCC(C)(C)C(=O)O.CCC(C)(C)C(=O)O.CCC(C)(C)C(=O)OC.CCC(C)(C)C(=O)OC.CCC(C)(C)C(=O)OC.CCC(C)(C)C(=O)OC1CO1.CCC(C)(C)c1ccccc1.COC(=O)C1(C)COCC(C)(C(=O)OC)C1.COC(=O)C1(C)COCC(C)(C(=O)OC)C1.COC(=O)C1(C)COCC(C)(C(=O)OC)C1. The van der Waals surface area contributed by atoms with Gasteiger partial charge in [-0.15, -0.1) is 0 Å². The zero-order chi connectivity index (χ0) is 90.0. The second-order valence-electron chi connectivity index (χ2n) is 34.6. The van der Waals surface area contributed by atoms with E-state index in [4.69, 9.17) is 62.3 Å². The van der Waals surface area contributed by atoms with Gasteiger partial charge in [-0.05, 0) is 200 Å². The largest absolute Gasteiger partial charge is 0.481 e. The fraction of sp³-hybridized carbons (Fsp3) is 0.788. The van der Waals surface area contributed by atoms with Gasteiger partial charge in [0.25, 0.3) is 0 Å². The third-order valence-electron chi connectivity index (χ3n) is 21.1. The summed E-state index contributed by atoms with van der Waals surface area (Å²) in [6.45, 7) is 52.9. The van der Waals surface area contributed by atoms with Crippen LogP contribution in [-0.2, 0) is 129 Å². The van der Waals surface area contributed by atoms with Crippen LogP contribution in [0.3, 0.4) is 0 Å². The molecule has 0 radical (unpaired) electrons. The molecule has 0 spiro atoms. The van der Waals surface area contributed by atoms with Crippen molar-refractivity contribution in [3.63, 3.8) is 0 Å². The summed E-state index contributed by atoms with van der Waals surface area (Å²) in [6.07, 6.45) is 6.67. The second-order valence-corrected chi connectivity index (χ2v) is 34.6. The molecule has 7 unspecified atom stereocenters. The van der Waals surface area contributed by atoms with Crippen molar-refractivity contribution in [3.05, 3.63) is 35.9 Å². The Labute approximate surface area is 676 Å². The highest BCUT2D eigenvalue weighted by Gasteiger charge is 2.53. The fourth-order valence-corrected chi connectivity index (χ4v) is 9.85. The number of carbonyl (C=O) groups excluding carboxylic acids is 10. The van der Waals surface area contributed by atoms with Gasteiger partial charge in [0, 0.05) is 0 Å². The lowest BCUT2D eigenvalue weighted by molar-refractivity contribution is -0.180. The molecule has 4 heterocycles. The van der Waals surface area contributed by atoms with Crippen LogP contribution in [0.25, 0.3) is 0 Å². The molecule has 28 nitrogen and oxygen atoms in total. The van der Waals surface area contributed by atoms with Gasteiger partial charge in [0.1, 0.15) is 6.61 Å². The van der Waals surface area contributed by atoms with E-state index in [0.29, 0.717) is 44.1 Å². The summed E-state index contributed by atoms with van der Waals surface area (Å²) in [5.41, 5.74) is -5.31. The molecular weight excluding hydrogens is 1470 g/mol. The summed E-state index contributed by atoms with van der Waals surface area (Å²) >= 11 is 0. The smallest absolute Gasteiger partial charge is 0.313 e. The van der Waals surface area contributed by atoms with Crippen molar-refractivity contribution in [3.8, 4) is 0 Å². The fourth-order valence-electron chi connectivity index (χ4n) is 9.85. The van der Waals surface area contributed by atoms with Gasteiger partial charge in [-0.25, -0.2) is 0 Å². The number of carbonyl (C=O) groups is 12. The molecule has 1 aromatic rings.